The predicted octanol–water partition coefficient (Wildman–Crippen LogP) is 5.07. The number of nitrogens with zero attached hydrogens (tertiary/aromatic N) is 2. The summed E-state index contributed by atoms with van der Waals surface area (Å²) in [5, 5.41) is 5.15. The number of hydrogen-bond acceptors (Lipinski definition) is 0. The lowest BCUT2D eigenvalue weighted by Crippen LogP contribution is -2.25. The molecule has 25 heavy (non-hydrogen) atoms. The van der Waals surface area contributed by atoms with Crippen LogP contribution in [0.2, 0.25) is 0 Å². The summed E-state index contributed by atoms with van der Waals surface area (Å²) in [5.74, 6) is 0. The maximum Gasteiger partial charge on any atom is 0.249 e. The molecule has 0 unspecified atom stereocenters. The van der Waals surface area contributed by atoms with Crippen LogP contribution < -0.4 is 4.57 Å². The minimum Gasteiger partial charge on any atom is -0.232 e. The lowest BCUT2D eigenvalue weighted by molar-refractivity contribution is -0.645. The highest BCUT2D eigenvalue weighted by molar-refractivity contribution is 5.95. The Morgan fingerprint density at radius 2 is 1.44 bits per heavy atom. The molecule has 0 radical (unpaired) electrons. The van der Waals surface area contributed by atoms with E-state index in [1.165, 1.54) is 43.8 Å². The second-order valence-corrected chi connectivity index (χ2v) is 6.72. The summed E-state index contributed by atoms with van der Waals surface area (Å²) in [5.41, 5.74) is 5.02. The van der Waals surface area contributed by atoms with Crippen LogP contribution in [0.5, 0.6) is 0 Å². The summed E-state index contributed by atoms with van der Waals surface area (Å²) >= 11 is 0. The molecule has 0 spiro atoms. The molecule has 4 aromatic carbocycles. The molecule has 2 nitrogen and oxygen atoms in total. The average molecular weight is 323 g/mol. The molecule has 120 valence electrons. The Bertz CT molecular complexity index is 1260. The van der Waals surface area contributed by atoms with Gasteiger partial charge < -0.3 is 0 Å². The van der Waals surface area contributed by atoms with Crippen molar-refractivity contribution in [2.45, 2.75) is 6.92 Å². The van der Waals surface area contributed by atoms with Crippen LogP contribution in [-0.4, -0.2) is 4.57 Å². The number of aryl methyl sites for hydroxylation is 2. The summed E-state index contributed by atoms with van der Waals surface area (Å²) in [6.07, 6.45) is 2.18. The van der Waals surface area contributed by atoms with Gasteiger partial charge in [-0.05, 0) is 46.7 Å². The smallest absolute Gasteiger partial charge is 0.232 e. The van der Waals surface area contributed by atoms with Crippen LogP contribution in [0.1, 0.15) is 5.56 Å². The lowest BCUT2D eigenvalue weighted by Gasteiger charge is -2.07. The van der Waals surface area contributed by atoms with Gasteiger partial charge in [0.05, 0.1) is 7.05 Å². The highest BCUT2D eigenvalue weighted by atomic mass is 15.1. The molecule has 0 aliphatic heterocycles. The van der Waals surface area contributed by atoms with Crippen LogP contribution in [-0.2, 0) is 7.05 Å². The zero-order valence-electron chi connectivity index (χ0n) is 14.4. The highest BCUT2D eigenvalue weighted by Gasteiger charge is 2.18. The summed E-state index contributed by atoms with van der Waals surface area (Å²) in [6, 6.07) is 26.1. The number of rotatable bonds is 1. The van der Waals surface area contributed by atoms with Crippen LogP contribution in [0.25, 0.3) is 38.3 Å². The van der Waals surface area contributed by atoms with E-state index < -0.39 is 0 Å². The zero-order chi connectivity index (χ0) is 17.0. The van der Waals surface area contributed by atoms with Crippen molar-refractivity contribution in [1.29, 1.82) is 0 Å². The van der Waals surface area contributed by atoms with Crippen molar-refractivity contribution in [3.63, 3.8) is 0 Å². The van der Waals surface area contributed by atoms with E-state index in [1.54, 1.807) is 0 Å². The normalized spacial score (nSPS) is 11.6. The predicted molar refractivity (Wildman–Crippen MR) is 104 cm³/mol. The first-order chi connectivity index (χ1) is 12.2. The zero-order valence-corrected chi connectivity index (χ0v) is 14.4. The van der Waals surface area contributed by atoms with E-state index in [2.05, 4.69) is 102 Å². The van der Waals surface area contributed by atoms with Gasteiger partial charge in [-0.1, -0.05) is 54.6 Å². The Morgan fingerprint density at radius 3 is 2.24 bits per heavy atom. The Morgan fingerprint density at radius 1 is 0.760 bits per heavy atom. The van der Waals surface area contributed by atoms with Gasteiger partial charge in [-0.3, -0.25) is 0 Å². The summed E-state index contributed by atoms with van der Waals surface area (Å²) < 4.78 is 4.51. The lowest BCUT2D eigenvalue weighted by atomic mass is 10.0. The van der Waals surface area contributed by atoms with E-state index in [9.17, 15) is 0 Å². The minimum absolute atomic E-state index is 1.24. The molecule has 0 saturated carbocycles. The third kappa shape index (κ3) is 2.07. The molecule has 5 rings (SSSR count). The molecule has 0 atom stereocenters. The maximum atomic E-state index is 2.31. The van der Waals surface area contributed by atoms with Crippen molar-refractivity contribution >= 4 is 32.6 Å². The van der Waals surface area contributed by atoms with Crippen molar-refractivity contribution in [2.24, 2.45) is 7.05 Å². The average Bonchev–Trinajstić information content (AvgIpc) is 2.96. The first-order valence-electron chi connectivity index (χ1n) is 8.60. The van der Waals surface area contributed by atoms with Gasteiger partial charge in [-0.25, -0.2) is 4.57 Å². The van der Waals surface area contributed by atoms with Crippen molar-refractivity contribution in [2.75, 3.05) is 0 Å². The van der Waals surface area contributed by atoms with Gasteiger partial charge in [0.25, 0.3) is 0 Å². The highest BCUT2D eigenvalue weighted by Crippen LogP contribution is 2.28. The molecule has 0 bridgehead atoms. The van der Waals surface area contributed by atoms with E-state index >= 15 is 0 Å². The van der Waals surface area contributed by atoms with E-state index in [1.807, 2.05) is 0 Å². The van der Waals surface area contributed by atoms with E-state index in [-0.39, 0.29) is 0 Å². The second-order valence-electron chi connectivity index (χ2n) is 6.72. The molecule has 5 aromatic rings. The summed E-state index contributed by atoms with van der Waals surface area (Å²) in [4.78, 5) is 0. The van der Waals surface area contributed by atoms with Crippen LogP contribution in [0.15, 0.2) is 79.1 Å². The number of aromatic nitrogens is 2. The van der Waals surface area contributed by atoms with Crippen molar-refractivity contribution in [1.82, 2.24) is 4.57 Å². The van der Waals surface area contributed by atoms with Gasteiger partial charge >= 0.3 is 0 Å². The van der Waals surface area contributed by atoms with Crippen molar-refractivity contribution in [3.8, 4) is 5.69 Å². The third-order valence-electron chi connectivity index (χ3n) is 5.20. The van der Waals surface area contributed by atoms with Crippen molar-refractivity contribution in [3.05, 3.63) is 84.7 Å². The van der Waals surface area contributed by atoms with Gasteiger partial charge in [0, 0.05) is 5.56 Å². The van der Waals surface area contributed by atoms with Crippen LogP contribution >= 0.6 is 0 Å². The fraction of sp³-hybridized carbons (Fsp3) is 0.0870. The Labute approximate surface area is 146 Å². The van der Waals surface area contributed by atoms with Gasteiger partial charge in [-0.15, -0.1) is 0 Å². The van der Waals surface area contributed by atoms with Gasteiger partial charge in [0.15, 0.2) is 11.0 Å². The van der Waals surface area contributed by atoms with Crippen LogP contribution in [0.4, 0.5) is 0 Å². The molecule has 0 amide bonds. The quantitative estimate of drug-likeness (QED) is 0.381. The molecule has 0 saturated heterocycles. The standard InChI is InChI=1S/C23H19N2/c1-16-20-10-6-5-7-17(20)11-12-21(16)25-15-24(2)22-13-18-8-3-4-9-19(18)14-23(22)25/h3-15H,1-2H3/q+1. The Hall–Kier alpha value is -3.13. The summed E-state index contributed by atoms with van der Waals surface area (Å²) in [6.45, 7) is 2.21. The van der Waals surface area contributed by atoms with E-state index in [0.29, 0.717) is 0 Å². The van der Waals surface area contributed by atoms with Gasteiger partial charge in [0.1, 0.15) is 5.69 Å². The summed E-state index contributed by atoms with van der Waals surface area (Å²) in [7, 11) is 2.12. The largest absolute Gasteiger partial charge is 0.249 e. The fourth-order valence-electron chi connectivity index (χ4n) is 3.86. The van der Waals surface area contributed by atoms with E-state index in [4.69, 9.17) is 0 Å². The number of benzene rings is 4. The first-order valence-corrected chi connectivity index (χ1v) is 8.60. The van der Waals surface area contributed by atoms with Crippen LogP contribution in [0, 0.1) is 6.92 Å². The molecular formula is C23H19N2+. The molecule has 0 aliphatic carbocycles. The third-order valence-corrected chi connectivity index (χ3v) is 5.20. The molecule has 0 aliphatic rings. The fourth-order valence-corrected chi connectivity index (χ4v) is 3.86. The number of hydrogen-bond donors (Lipinski definition) is 0. The molecular weight excluding hydrogens is 304 g/mol. The number of fused-ring (bicyclic) bond motifs is 3. The molecule has 1 heterocycles. The topological polar surface area (TPSA) is 8.81 Å². The SMILES string of the molecule is Cc1c(-n2c[n+](C)c3cc4ccccc4cc32)ccc2ccccc12. The second kappa shape index (κ2) is 5.18. The molecule has 0 fully saturated rings. The Kier molecular flexibility index (Phi) is 2.95. The minimum atomic E-state index is 1.24. The molecule has 1 aromatic heterocycles. The van der Waals surface area contributed by atoms with Crippen LogP contribution in [0.3, 0.4) is 0 Å². The first kappa shape index (κ1) is 14.2. The van der Waals surface area contributed by atoms with Crippen molar-refractivity contribution < 1.29 is 4.57 Å². The van der Waals surface area contributed by atoms with Gasteiger partial charge in [-0.2, -0.15) is 4.57 Å². The van der Waals surface area contributed by atoms with Gasteiger partial charge in [0.2, 0.25) is 6.33 Å². The molecule has 2 heteroatoms. The molecule has 0 N–H and O–H groups in total. The maximum absolute atomic E-state index is 2.31. The Balaban J connectivity index is 1.86. The monoisotopic (exact) mass is 323 g/mol. The number of imidazole rings is 1. The van der Waals surface area contributed by atoms with E-state index in [0.717, 1.165) is 0 Å².